The third-order valence-electron chi connectivity index (χ3n) is 5.51. The van der Waals surface area contributed by atoms with Gasteiger partial charge in [0.15, 0.2) is 0 Å². The Morgan fingerprint density at radius 3 is 2.17 bits per heavy atom. The number of nitrogens with one attached hydrogen (secondary N) is 1. The number of nitrogens with zero attached hydrogens (tertiary/aromatic N) is 1. The van der Waals surface area contributed by atoms with Gasteiger partial charge < -0.3 is 11.1 Å². The van der Waals surface area contributed by atoms with Gasteiger partial charge >= 0.3 is 0 Å². The number of rotatable bonds is 4. The molecule has 1 aromatic rings. The Balaban J connectivity index is 1.55. The van der Waals surface area contributed by atoms with Crippen molar-refractivity contribution in [1.82, 2.24) is 4.90 Å². The van der Waals surface area contributed by atoms with E-state index in [1.807, 2.05) is 12.1 Å². The van der Waals surface area contributed by atoms with E-state index in [0.717, 1.165) is 37.9 Å². The molecule has 1 heterocycles. The highest BCUT2D eigenvalue weighted by atomic mass is 16.2. The van der Waals surface area contributed by atoms with Crippen LogP contribution in [0.5, 0.6) is 0 Å². The molecule has 4 nitrogen and oxygen atoms in total. The molecule has 0 bridgehead atoms. The van der Waals surface area contributed by atoms with Crippen molar-refractivity contribution < 1.29 is 4.79 Å². The molecule has 4 heteroatoms. The quantitative estimate of drug-likeness (QED) is 0.886. The van der Waals surface area contributed by atoms with Crippen LogP contribution in [-0.4, -0.2) is 29.4 Å². The summed E-state index contributed by atoms with van der Waals surface area (Å²) in [5.74, 6) is -0.0255. The third-order valence-corrected chi connectivity index (χ3v) is 5.51. The van der Waals surface area contributed by atoms with E-state index < -0.39 is 5.54 Å². The Morgan fingerprint density at radius 1 is 0.958 bits per heavy atom. The summed E-state index contributed by atoms with van der Waals surface area (Å²) in [6.45, 7) is 3.41. The number of carbonyl (C=O) groups excluding carboxylic acids is 1. The lowest BCUT2D eigenvalue weighted by atomic mass is 9.82. The van der Waals surface area contributed by atoms with Gasteiger partial charge in [-0.3, -0.25) is 9.69 Å². The van der Waals surface area contributed by atoms with Crippen LogP contribution >= 0.6 is 0 Å². The van der Waals surface area contributed by atoms with Crippen molar-refractivity contribution in [3.8, 4) is 0 Å². The first-order chi connectivity index (χ1) is 11.7. The van der Waals surface area contributed by atoms with Gasteiger partial charge in [-0.15, -0.1) is 0 Å². The summed E-state index contributed by atoms with van der Waals surface area (Å²) in [6.07, 6.45) is 10.2. The van der Waals surface area contributed by atoms with E-state index in [-0.39, 0.29) is 5.91 Å². The van der Waals surface area contributed by atoms with Crippen molar-refractivity contribution in [3.05, 3.63) is 29.8 Å². The fourth-order valence-electron chi connectivity index (χ4n) is 3.91. The zero-order valence-corrected chi connectivity index (χ0v) is 14.7. The molecule has 1 aliphatic carbocycles. The van der Waals surface area contributed by atoms with Gasteiger partial charge in [-0.1, -0.05) is 44.2 Å². The van der Waals surface area contributed by atoms with Crippen LogP contribution in [-0.2, 0) is 11.3 Å². The molecule has 1 amide bonds. The molecule has 2 aliphatic rings. The maximum absolute atomic E-state index is 12.5. The van der Waals surface area contributed by atoms with Crippen LogP contribution < -0.4 is 11.1 Å². The zero-order valence-electron chi connectivity index (χ0n) is 14.7. The van der Waals surface area contributed by atoms with E-state index in [4.69, 9.17) is 5.73 Å². The number of carbonyl (C=O) groups is 1. The Labute approximate surface area is 145 Å². The highest BCUT2D eigenvalue weighted by molar-refractivity contribution is 5.98. The lowest BCUT2D eigenvalue weighted by Gasteiger charge is -2.31. The second kappa shape index (κ2) is 8.13. The van der Waals surface area contributed by atoms with E-state index in [0.29, 0.717) is 0 Å². The third kappa shape index (κ3) is 4.58. The van der Waals surface area contributed by atoms with Crippen molar-refractivity contribution in [2.24, 2.45) is 5.73 Å². The minimum atomic E-state index is -0.678. The van der Waals surface area contributed by atoms with Crippen molar-refractivity contribution in [1.29, 1.82) is 0 Å². The number of hydrogen-bond donors (Lipinski definition) is 2. The van der Waals surface area contributed by atoms with Crippen LogP contribution in [0.4, 0.5) is 5.69 Å². The molecule has 1 saturated carbocycles. The summed E-state index contributed by atoms with van der Waals surface area (Å²) in [7, 11) is 0. The molecular weight excluding hydrogens is 298 g/mol. The highest BCUT2D eigenvalue weighted by Crippen LogP contribution is 2.27. The SMILES string of the molecule is NC1(C(=O)Nc2ccc(CN3CCCCCC3)cc2)CCCCC1. The minimum absolute atomic E-state index is 0.0255. The van der Waals surface area contributed by atoms with E-state index in [9.17, 15) is 4.79 Å². The number of amides is 1. The van der Waals surface area contributed by atoms with Crippen LogP contribution in [0.2, 0.25) is 0 Å². The second-order valence-corrected chi connectivity index (χ2v) is 7.56. The molecular formula is C20H31N3O. The maximum atomic E-state index is 12.5. The van der Waals surface area contributed by atoms with Gasteiger partial charge in [-0.2, -0.15) is 0 Å². The molecule has 0 radical (unpaired) electrons. The molecule has 0 unspecified atom stereocenters. The highest BCUT2D eigenvalue weighted by Gasteiger charge is 2.35. The Bertz CT molecular complexity index is 526. The molecule has 1 aliphatic heterocycles. The Hall–Kier alpha value is -1.39. The summed E-state index contributed by atoms with van der Waals surface area (Å²) < 4.78 is 0. The number of benzene rings is 1. The van der Waals surface area contributed by atoms with Crippen molar-refractivity contribution in [3.63, 3.8) is 0 Å². The fraction of sp³-hybridized carbons (Fsp3) is 0.650. The average Bonchev–Trinajstić information content (AvgIpc) is 2.86. The van der Waals surface area contributed by atoms with Gasteiger partial charge in [0, 0.05) is 12.2 Å². The van der Waals surface area contributed by atoms with E-state index in [1.165, 1.54) is 50.8 Å². The molecule has 2 fully saturated rings. The molecule has 1 aromatic carbocycles. The molecule has 3 N–H and O–H groups in total. The lowest BCUT2D eigenvalue weighted by molar-refractivity contribution is -0.122. The van der Waals surface area contributed by atoms with Crippen LogP contribution in [0.15, 0.2) is 24.3 Å². The standard InChI is InChI=1S/C20H31N3O/c21-20(12-4-3-5-13-20)19(24)22-18-10-8-17(9-11-18)16-23-14-6-1-2-7-15-23/h8-11H,1-7,12-16,21H2,(H,22,24). The molecule has 24 heavy (non-hydrogen) atoms. The summed E-state index contributed by atoms with van der Waals surface area (Å²) in [5, 5.41) is 3.02. The Morgan fingerprint density at radius 2 is 1.54 bits per heavy atom. The normalized spacial score (nSPS) is 21.9. The van der Waals surface area contributed by atoms with Gasteiger partial charge in [-0.05, 0) is 56.5 Å². The zero-order chi connectivity index (χ0) is 16.8. The largest absolute Gasteiger partial charge is 0.324 e. The number of nitrogens with two attached hydrogens (primary N) is 1. The van der Waals surface area contributed by atoms with Crippen molar-refractivity contribution in [2.75, 3.05) is 18.4 Å². The first kappa shape index (κ1) is 17.4. The molecule has 3 rings (SSSR count). The van der Waals surface area contributed by atoms with Gasteiger partial charge in [0.2, 0.25) is 5.91 Å². The Kier molecular flexibility index (Phi) is 5.90. The van der Waals surface area contributed by atoms with E-state index in [2.05, 4.69) is 22.3 Å². The number of hydrogen-bond acceptors (Lipinski definition) is 3. The van der Waals surface area contributed by atoms with E-state index >= 15 is 0 Å². The smallest absolute Gasteiger partial charge is 0.244 e. The summed E-state index contributed by atoms with van der Waals surface area (Å²) in [6, 6.07) is 8.28. The van der Waals surface area contributed by atoms with Gasteiger partial charge in [0.1, 0.15) is 0 Å². The van der Waals surface area contributed by atoms with Gasteiger partial charge in [0.25, 0.3) is 0 Å². The molecule has 1 saturated heterocycles. The van der Waals surface area contributed by atoms with Crippen LogP contribution in [0.25, 0.3) is 0 Å². The summed E-state index contributed by atoms with van der Waals surface area (Å²) in [4.78, 5) is 15.0. The second-order valence-electron chi connectivity index (χ2n) is 7.56. The monoisotopic (exact) mass is 329 g/mol. The van der Waals surface area contributed by atoms with E-state index in [1.54, 1.807) is 0 Å². The molecule has 132 valence electrons. The first-order valence-corrected chi connectivity index (χ1v) is 9.57. The van der Waals surface area contributed by atoms with Crippen molar-refractivity contribution >= 4 is 11.6 Å². The van der Waals surface area contributed by atoms with Gasteiger partial charge in [-0.25, -0.2) is 0 Å². The minimum Gasteiger partial charge on any atom is -0.324 e. The van der Waals surface area contributed by atoms with Crippen LogP contribution in [0, 0.1) is 0 Å². The summed E-state index contributed by atoms with van der Waals surface area (Å²) >= 11 is 0. The summed E-state index contributed by atoms with van der Waals surface area (Å²) in [5.41, 5.74) is 7.79. The molecule has 0 aromatic heterocycles. The molecule has 0 spiro atoms. The average molecular weight is 329 g/mol. The topological polar surface area (TPSA) is 58.4 Å². The van der Waals surface area contributed by atoms with Crippen LogP contribution in [0.3, 0.4) is 0 Å². The number of anilines is 1. The predicted octanol–water partition coefficient (Wildman–Crippen LogP) is 3.66. The first-order valence-electron chi connectivity index (χ1n) is 9.57. The maximum Gasteiger partial charge on any atom is 0.244 e. The van der Waals surface area contributed by atoms with Crippen LogP contribution in [0.1, 0.15) is 63.4 Å². The predicted molar refractivity (Wildman–Crippen MR) is 98.8 cm³/mol. The van der Waals surface area contributed by atoms with Crippen molar-refractivity contribution in [2.45, 2.75) is 69.9 Å². The van der Waals surface area contributed by atoms with Gasteiger partial charge in [0.05, 0.1) is 5.54 Å². The fourth-order valence-corrected chi connectivity index (χ4v) is 3.91. The number of likely N-dealkylation sites (tertiary alicyclic amines) is 1. The lowest BCUT2D eigenvalue weighted by Crippen LogP contribution is -2.52. The molecule has 0 atom stereocenters.